The van der Waals surface area contributed by atoms with Crippen molar-refractivity contribution >= 4 is 51.0 Å². The van der Waals surface area contributed by atoms with Gasteiger partial charge in [0.05, 0.1) is 0 Å². The average molecular weight is 792 g/mol. The van der Waals surface area contributed by atoms with E-state index in [9.17, 15) is 0 Å². The third-order valence-corrected chi connectivity index (χ3v) is 0. The van der Waals surface area contributed by atoms with Crippen molar-refractivity contribution in [1.29, 1.82) is 0 Å². The molecule has 0 spiro atoms. The van der Waals surface area contributed by atoms with E-state index >= 15 is 0 Å². The van der Waals surface area contributed by atoms with Gasteiger partial charge in [0.15, 0.2) is 0 Å². The third kappa shape index (κ3) is 9520. The van der Waals surface area contributed by atoms with Gasteiger partial charge in [-0.25, -0.2) is 0 Å². The summed E-state index contributed by atoms with van der Waals surface area (Å²) >= 11 is 0. The van der Waals surface area contributed by atoms with Gasteiger partial charge in [0.1, 0.15) is 0 Å². The molecule has 193 valence electrons. The summed E-state index contributed by atoms with van der Waals surface area (Å²) in [5, 5.41) is 0. The molecular weight excluding hydrogens is 792 g/mol. The largest absolute Gasteiger partial charge is 3.00 e. The molecule has 0 fully saturated rings. The molecule has 0 amide bonds. The van der Waals surface area contributed by atoms with Gasteiger partial charge in [-0.3, -0.25) is 0 Å². The molecule has 0 saturated carbocycles. The standard InChI is InChI=1S/5Fe.3H3O4P.3O3Si/c;;;;;3*1-5(2,3)4;3*1-4(2)3/h;;;;;3*(H3,1,2,3,4);;;/q5*+3;;;;3*-2/p-9. The minimum Gasteiger partial charge on any atom is -0.822 e. The molecule has 0 saturated heterocycles. The SMILES string of the molecule is O=P([O-])([O-])[O-].O=P([O-])([O-])[O-].O=P([O-])([O-])[O-].O=[Si]([O-])[O-].O=[Si]([O-])[O-].O=[Si]([O-])[O-].[Fe+3].[Fe+3].[Fe+3].[Fe+3].[Fe+3]. The fraction of sp³-hybridized carbons (Fsp3) is 0. The van der Waals surface area contributed by atoms with Crippen LogP contribution in [0.25, 0.3) is 0 Å². The van der Waals surface area contributed by atoms with Crippen LogP contribution in [-0.4, -0.2) is 27.5 Å². The van der Waals surface area contributed by atoms with E-state index in [1.165, 1.54) is 0 Å². The van der Waals surface area contributed by atoms with E-state index in [0.717, 1.165) is 0 Å². The summed E-state index contributed by atoms with van der Waals surface area (Å²) in [6, 6.07) is 0. The van der Waals surface area contributed by atoms with Crippen LogP contribution in [-0.2, 0) is 112 Å². The Balaban J connectivity index is -0.0000000179. The van der Waals surface area contributed by atoms with Gasteiger partial charge < -0.3 is 99.9 Å². The fourth-order valence-corrected chi connectivity index (χ4v) is 0. The molecule has 32 heteroatoms. The molecule has 21 nitrogen and oxygen atoms in total. The van der Waals surface area contributed by atoms with Gasteiger partial charge in [-0.15, -0.1) is 0 Å². The van der Waals surface area contributed by atoms with E-state index in [1.54, 1.807) is 0 Å². The van der Waals surface area contributed by atoms with Crippen molar-refractivity contribution in [3.8, 4) is 0 Å². The van der Waals surface area contributed by atoms with Gasteiger partial charge in [0, 0.05) is 27.5 Å². The number of phosphoric acid groups is 3. The predicted octanol–water partition coefficient (Wildman–Crippen LogP) is -17.1. The summed E-state index contributed by atoms with van der Waals surface area (Å²) in [5.41, 5.74) is 0. The van der Waals surface area contributed by atoms with E-state index in [-0.39, 0.29) is 85.3 Å². The van der Waals surface area contributed by atoms with Crippen LogP contribution in [0, 0.1) is 0 Å². The maximum Gasteiger partial charge on any atom is 3.00 e. The first-order chi connectivity index (χ1) is 11.2. The van der Waals surface area contributed by atoms with Crippen molar-refractivity contribution in [2.45, 2.75) is 0 Å². The van der Waals surface area contributed by atoms with Crippen molar-refractivity contribution in [2.75, 3.05) is 0 Å². The van der Waals surface area contributed by atoms with Gasteiger partial charge >= 0.3 is 85.3 Å². The van der Waals surface area contributed by atoms with Gasteiger partial charge in [-0.05, 0) is 0 Å². The van der Waals surface area contributed by atoms with Crippen LogP contribution in [0.3, 0.4) is 0 Å². The summed E-state index contributed by atoms with van der Waals surface area (Å²) in [7, 11) is -27.1. The molecule has 5 radical (unpaired) electrons. The van der Waals surface area contributed by atoms with E-state index in [0.29, 0.717) is 0 Å². The van der Waals surface area contributed by atoms with Crippen molar-refractivity contribution < 1.29 is 185 Å². The first kappa shape index (κ1) is 69.9. The van der Waals surface area contributed by atoms with Crippen LogP contribution in [0.1, 0.15) is 0 Å². The first-order valence-electron chi connectivity index (χ1n) is 4.03. The summed E-state index contributed by atoms with van der Waals surface area (Å²) in [4.78, 5) is 128. The number of hydrogen-bond acceptors (Lipinski definition) is 21. The normalized spacial score (nSPS) is 7.78. The second-order valence-corrected chi connectivity index (χ2v) is 6.27. The van der Waals surface area contributed by atoms with Crippen LogP contribution in [0.5, 0.6) is 0 Å². The van der Waals surface area contributed by atoms with E-state index in [1.807, 2.05) is 0 Å². The monoisotopic (exact) mass is 792 g/mol. The maximum absolute atomic E-state index is 8.55. The molecule has 0 aliphatic heterocycles. The quantitative estimate of drug-likeness (QED) is 0.162. The fourth-order valence-electron chi connectivity index (χ4n) is 0. The molecule has 0 rings (SSSR count). The Hall–Kier alpha value is 1.78. The van der Waals surface area contributed by atoms with Crippen molar-refractivity contribution in [3.05, 3.63) is 0 Å². The molecule has 0 bridgehead atoms. The Morgan fingerprint density at radius 3 is 0.344 bits per heavy atom. The van der Waals surface area contributed by atoms with Gasteiger partial charge in [0.25, 0.3) is 0 Å². The van der Waals surface area contributed by atoms with Crippen molar-refractivity contribution in [2.24, 2.45) is 0 Å². The van der Waals surface area contributed by atoms with Crippen LogP contribution in [0.15, 0.2) is 0 Å². The van der Waals surface area contributed by atoms with Crippen LogP contribution < -0.4 is 72.8 Å². The molecule has 0 N–H and O–H groups in total. The second kappa shape index (κ2) is 40.0. The average Bonchev–Trinajstić information content (AvgIpc) is 2.01. The zero-order chi connectivity index (χ0) is 24.2. The van der Waals surface area contributed by atoms with Crippen LogP contribution in [0.2, 0.25) is 0 Å². The minimum absolute atomic E-state index is 0. The molecule has 0 aromatic carbocycles. The van der Waals surface area contributed by atoms with Gasteiger partial charge in [0.2, 0.25) is 0 Å². The number of hydrogen-bond donors (Lipinski definition) is 0. The van der Waals surface area contributed by atoms with Crippen molar-refractivity contribution in [1.82, 2.24) is 0 Å². The van der Waals surface area contributed by atoms with Gasteiger partial charge in [-0.1, -0.05) is 0 Å². The number of rotatable bonds is 0. The Kier molecular flexibility index (Phi) is 87.4. The Bertz CT molecular complexity index is 422. The summed E-state index contributed by atoms with van der Waals surface area (Å²) in [6.07, 6.45) is 0. The zero-order valence-electron chi connectivity index (χ0n) is 13.2. The Morgan fingerprint density at radius 2 is 0.344 bits per heavy atom. The molecule has 0 aromatic rings. The second-order valence-electron chi connectivity index (χ2n) is 2.09. The molecule has 0 unspecified atom stereocenters. The maximum atomic E-state index is 8.55. The van der Waals surface area contributed by atoms with E-state index in [2.05, 4.69) is 0 Å². The summed E-state index contributed by atoms with van der Waals surface area (Å²) in [5.74, 6) is 0. The first-order valence-corrected chi connectivity index (χ1v) is 12.1. The molecule has 32 heavy (non-hydrogen) atoms. The minimum atomic E-state index is -5.39. The summed E-state index contributed by atoms with van der Waals surface area (Å²) in [6.45, 7) is 0. The summed E-state index contributed by atoms with van der Waals surface area (Å²) < 4.78 is 51.2. The van der Waals surface area contributed by atoms with Crippen molar-refractivity contribution in [3.63, 3.8) is 0 Å². The van der Waals surface area contributed by atoms with Crippen LogP contribution >= 0.6 is 23.5 Å². The molecule has 0 aliphatic rings. The topological polar surface area (TPSA) is 448 Å². The van der Waals surface area contributed by atoms with E-state index < -0.39 is 51.0 Å². The molecule has 0 atom stereocenters. The Morgan fingerprint density at radius 1 is 0.344 bits per heavy atom. The van der Waals surface area contributed by atoms with E-state index in [4.69, 9.17) is 99.9 Å². The predicted molar refractivity (Wildman–Crippen MR) is 42.1 cm³/mol. The smallest absolute Gasteiger partial charge is 0.822 e. The zero-order valence-corrected chi connectivity index (χ0v) is 24.4. The molecule has 0 aliphatic carbocycles. The third-order valence-electron chi connectivity index (χ3n) is 0. The Labute approximate surface area is 234 Å². The van der Waals surface area contributed by atoms with Crippen LogP contribution in [0.4, 0.5) is 0 Å². The molecule has 0 heterocycles. The molecular formula is Fe5O21P3Si3. The van der Waals surface area contributed by atoms with Gasteiger partial charge in [-0.2, -0.15) is 23.5 Å². The molecule has 0 aromatic heterocycles.